The Labute approximate surface area is 182 Å². The van der Waals surface area contributed by atoms with Crippen molar-refractivity contribution in [1.82, 2.24) is 14.5 Å². The number of rotatable bonds is 5. The van der Waals surface area contributed by atoms with E-state index in [0.29, 0.717) is 10.3 Å². The van der Waals surface area contributed by atoms with Crippen LogP contribution in [0.4, 0.5) is 5.13 Å². The number of aromatic nitrogens is 3. The van der Waals surface area contributed by atoms with E-state index < -0.39 is 5.25 Å². The topological polar surface area (TPSA) is 76.9 Å². The normalized spacial score (nSPS) is 12.1. The molecule has 0 aliphatic heterocycles. The fourth-order valence-electron chi connectivity index (χ4n) is 3.12. The minimum Gasteiger partial charge on any atom is -0.301 e. The van der Waals surface area contributed by atoms with Gasteiger partial charge in [0.1, 0.15) is 0 Å². The largest absolute Gasteiger partial charge is 0.301 e. The molecule has 152 valence electrons. The molecule has 8 heteroatoms. The Morgan fingerprint density at radius 3 is 2.50 bits per heavy atom. The van der Waals surface area contributed by atoms with Crippen molar-refractivity contribution >= 4 is 51.1 Å². The van der Waals surface area contributed by atoms with Crippen molar-refractivity contribution < 1.29 is 9.59 Å². The van der Waals surface area contributed by atoms with Crippen LogP contribution < -0.4 is 5.32 Å². The molecule has 2 aromatic heterocycles. The number of nitrogens with zero attached hydrogens (tertiary/aromatic N) is 3. The number of para-hydroxylation sites is 2. The smallest absolute Gasteiger partial charge is 0.239 e. The van der Waals surface area contributed by atoms with Crippen LogP contribution in [0.5, 0.6) is 0 Å². The van der Waals surface area contributed by atoms with Crippen molar-refractivity contribution in [3.63, 3.8) is 0 Å². The van der Waals surface area contributed by atoms with Crippen LogP contribution >= 0.6 is 23.1 Å². The average molecular weight is 437 g/mol. The lowest BCUT2D eigenvalue weighted by molar-refractivity contribution is -0.115. The average Bonchev–Trinajstić information content (AvgIpc) is 3.28. The first-order valence-electron chi connectivity index (χ1n) is 9.43. The highest BCUT2D eigenvalue weighted by atomic mass is 32.2. The van der Waals surface area contributed by atoms with Gasteiger partial charge in [-0.15, -0.1) is 11.3 Å². The van der Waals surface area contributed by atoms with Gasteiger partial charge in [0.2, 0.25) is 11.8 Å². The van der Waals surface area contributed by atoms with Crippen LogP contribution in [0.3, 0.4) is 0 Å². The number of amides is 1. The van der Waals surface area contributed by atoms with Crippen LogP contribution in [-0.2, 0) is 4.79 Å². The van der Waals surface area contributed by atoms with Gasteiger partial charge in [-0.1, -0.05) is 54.2 Å². The van der Waals surface area contributed by atoms with Crippen molar-refractivity contribution in [2.75, 3.05) is 5.32 Å². The zero-order valence-electron chi connectivity index (χ0n) is 16.7. The molecule has 1 amide bonds. The standard InChI is InChI=1S/C22H20N4O2S2/c1-13-19(16-9-5-4-6-10-16)24-21(29-13)25-20(28)14(2)30-22-23-17-11-7-8-12-18(17)26(22)15(3)27/h4-12,14H,1-3H3,(H,24,25,28)/t14-/m0/s1. The van der Waals surface area contributed by atoms with Crippen molar-refractivity contribution in [2.45, 2.75) is 31.2 Å². The first kappa shape index (κ1) is 20.3. The maximum Gasteiger partial charge on any atom is 0.239 e. The van der Waals surface area contributed by atoms with Crippen LogP contribution in [0.25, 0.3) is 22.3 Å². The van der Waals surface area contributed by atoms with Gasteiger partial charge >= 0.3 is 0 Å². The second kappa shape index (κ2) is 8.41. The predicted octanol–water partition coefficient (Wildman–Crippen LogP) is 5.25. The zero-order chi connectivity index (χ0) is 21.3. The fourth-order valence-corrected chi connectivity index (χ4v) is 4.92. The third-order valence-corrected chi connectivity index (χ3v) is 6.51. The molecule has 2 heterocycles. The number of hydrogen-bond donors (Lipinski definition) is 1. The summed E-state index contributed by atoms with van der Waals surface area (Å²) in [6.45, 7) is 5.28. The number of thiazole rings is 1. The maximum atomic E-state index is 12.8. The summed E-state index contributed by atoms with van der Waals surface area (Å²) in [5, 5.41) is 3.51. The molecule has 0 saturated carbocycles. The lowest BCUT2D eigenvalue weighted by atomic mass is 10.1. The molecule has 0 saturated heterocycles. The highest BCUT2D eigenvalue weighted by molar-refractivity contribution is 8.00. The lowest BCUT2D eigenvalue weighted by Gasteiger charge is -2.10. The molecular formula is C22H20N4O2S2. The summed E-state index contributed by atoms with van der Waals surface area (Å²) in [7, 11) is 0. The van der Waals surface area contributed by atoms with Gasteiger partial charge in [-0.3, -0.25) is 14.2 Å². The van der Waals surface area contributed by atoms with Gasteiger partial charge in [-0.25, -0.2) is 9.97 Å². The van der Waals surface area contributed by atoms with E-state index in [1.54, 1.807) is 11.5 Å². The Hall–Kier alpha value is -2.97. The van der Waals surface area contributed by atoms with Crippen LogP contribution in [0, 0.1) is 6.92 Å². The fraction of sp³-hybridized carbons (Fsp3) is 0.182. The molecule has 0 fully saturated rings. The van der Waals surface area contributed by atoms with Gasteiger partial charge in [0.15, 0.2) is 10.3 Å². The Morgan fingerprint density at radius 1 is 1.07 bits per heavy atom. The first-order valence-corrected chi connectivity index (χ1v) is 11.1. The highest BCUT2D eigenvalue weighted by Crippen LogP contribution is 2.32. The van der Waals surface area contributed by atoms with Gasteiger partial charge in [0.05, 0.1) is 22.0 Å². The molecule has 0 bridgehead atoms. The molecule has 0 spiro atoms. The van der Waals surface area contributed by atoms with Gasteiger partial charge in [0, 0.05) is 17.4 Å². The predicted molar refractivity (Wildman–Crippen MR) is 122 cm³/mol. The molecule has 4 aromatic rings. The quantitative estimate of drug-likeness (QED) is 0.433. The SMILES string of the molecule is CC(=O)n1c(S[C@@H](C)C(=O)Nc2nc(-c3ccccc3)c(C)s2)nc2ccccc21. The van der Waals surface area contributed by atoms with Crippen molar-refractivity contribution in [1.29, 1.82) is 0 Å². The summed E-state index contributed by atoms with van der Waals surface area (Å²) in [6.07, 6.45) is 0. The second-order valence-electron chi connectivity index (χ2n) is 6.78. The Bertz CT molecular complexity index is 1230. The molecule has 0 aliphatic rings. The third kappa shape index (κ3) is 4.01. The Morgan fingerprint density at radius 2 is 1.77 bits per heavy atom. The number of aryl methyl sites for hydroxylation is 1. The Kier molecular flexibility index (Phi) is 5.69. The zero-order valence-corrected chi connectivity index (χ0v) is 18.4. The number of benzene rings is 2. The number of fused-ring (bicyclic) bond motifs is 1. The third-order valence-electron chi connectivity index (χ3n) is 4.57. The maximum absolute atomic E-state index is 12.8. The molecule has 0 unspecified atom stereocenters. The first-order chi connectivity index (χ1) is 14.4. The number of hydrogen-bond acceptors (Lipinski definition) is 6. The highest BCUT2D eigenvalue weighted by Gasteiger charge is 2.22. The van der Waals surface area contributed by atoms with Gasteiger partial charge in [-0.2, -0.15) is 0 Å². The molecule has 6 nitrogen and oxygen atoms in total. The number of anilines is 1. The van der Waals surface area contributed by atoms with Crippen LogP contribution in [0.1, 0.15) is 23.5 Å². The van der Waals surface area contributed by atoms with Crippen molar-refractivity contribution in [2.24, 2.45) is 0 Å². The molecular weight excluding hydrogens is 416 g/mol. The molecule has 2 aromatic carbocycles. The van der Waals surface area contributed by atoms with E-state index in [1.807, 2.05) is 61.5 Å². The van der Waals surface area contributed by atoms with E-state index in [9.17, 15) is 9.59 Å². The summed E-state index contributed by atoms with van der Waals surface area (Å²) in [5.74, 6) is -0.322. The minimum absolute atomic E-state index is 0.137. The van der Waals surface area contributed by atoms with Crippen molar-refractivity contribution in [3.8, 4) is 11.3 Å². The molecule has 1 atom stereocenters. The summed E-state index contributed by atoms with van der Waals surface area (Å²) in [6, 6.07) is 17.3. The molecule has 1 N–H and O–H groups in total. The van der Waals surface area contributed by atoms with Crippen LogP contribution in [0.15, 0.2) is 59.8 Å². The van der Waals surface area contributed by atoms with E-state index in [1.165, 1.54) is 30.0 Å². The molecule has 30 heavy (non-hydrogen) atoms. The van der Waals surface area contributed by atoms with E-state index in [0.717, 1.165) is 27.2 Å². The van der Waals surface area contributed by atoms with Gasteiger partial charge in [0.25, 0.3) is 0 Å². The number of nitrogens with one attached hydrogen (secondary N) is 1. The molecule has 4 rings (SSSR count). The molecule has 0 radical (unpaired) electrons. The number of thioether (sulfide) groups is 1. The number of carbonyl (C=O) groups is 2. The van der Waals surface area contributed by atoms with Crippen molar-refractivity contribution in [3.05, 3.63) is 59.5 Å². The van der Waals surface area contributed by atoms with E-state index >= 15 is 0 Å². The van der Waals surface area contributed by atoms with Crippen LogP contribution in [-0.4, -0.2) is 31.6 Å². The number of carbonyl (C=O) groups excluding carboxylic acids is 2. The van der Waals surface area contributed by atoms with Crippen LogP contribution in [0.2, 0.25) is 0 Å². The summed E-state index contributed by atoms with van der Waals surface area (Å²) >= 11 is 2.70. The monoisotopic (exact) mass is 436 g/mol. The summed E-state index contributed by atoms with van der Waals surface area (Å²) < 4.78 is 1.55. The second-order valence-corrected chi connectivity index (χ2v) is 9.29. The molecule has 0 aliphatic carbocycles. The van der Waals surface area contributed by atoms with E-state index in [4.69, 9.17) is 0 Å². The van der Waals surface area contributed by atoms with Gasteiger partial charge < -0.3 is 5.32 Å². The summed E-state index contributed by atoms with van der Waals surface area (Å²) in [4.78, 5) is 35.1. The Balaban J connectivity index is 1.52. The minimum atomic E-state index is -0.454. The van der Waals surface area contributed by atoms with E-state index in [2.05, 4.69) is 15.3 Å². The lowest BCUT2D eigenvalue weighted by Crippen LogP contribution is -2.23. The van der Waals surface area contributed by atoms with E-state index in [-0.39, 0.29) is 11.8 Å². The summed E-state index contributed by atoms with van der Waals surface area (Å²) in [5.41, 5.74) is 3.35. The van der Waals surface area contributed by atoms with Gasteiger partial charge in [-0.05, 0) is 26.0 Å². The number of imidazole rings is 1.